The molecule has 2 aliphatic heterocycles. The maximum Gasteiger partial charge on any atom is 0.101 e. The SMILES string of the molecule is C[C@@H]1CN(c2ccc(N3CCNC[C@@H]3C)cc2C#N)C[C@H](C)O1.Cl.Cl. The highest BCUT2D eigenvalue weighted by Gasteiger charge is 2.25. The molecule has 1 aromatic rings. The van der Waals surface area contributed by atoms with E-state index in [1.165, 1.54) is 0 Å². The molecule has 140 valence electrons. The monoisotopic (exact) mass is 386 g/mol. The van der Waals surface area contributed by atoms with E-state index in [4.69, 9.17) is 4.74 Å². The van der Waals surface area contributed by atoms with Crippen LogP contribution >= 0.6 is 24.8 Å². The number of nitrogens with zero attached hydrogens (tertiary/aromatic N) is 3. The van der Waals surface area contributed by atoms with Crippen LogP contribution in [0.25, 0.3) is 0 Å². The van der Waals surface area contributed by atoms with E-state index in [1.54, 1.807) is 0 Å². The summed E-state index contributed by atoms with van der Waals surface area (Å²) in [5, 5.41) is 13.0. The fourth-order valence-electron chi connectivity index (χ4n) is 3.67. The summed E-state index contributed by atoms with van der Waals surface area (Å²) in [6, 6.07) is 9.14. The third-order valence-corrected chi connectivity index (χ3v) is 4.69. The molecular weight excluding hydrogens is 359 g/mol. The molecule has 5 nitrogen and oxygen atoms in total. The van der Waals surface area contributed by atoms with Gasteiger partial charge in [-0.1, -0.05) is 0 Å². The highest BCUT2D eigenvalue weighted by molar-refractivity contribution is 5.85. The minimum Gasteiger partial charge on any atom is -0.372 e. The average Bonchev–Trinajstić information content (AvgIpc) is 2.54. The van der Waals surface area contributed by atoms with Crippen LogP contribution in [-0.4, -0.2) is 51.0 Å². The molecule has 2 fully saturated rings. The van der Waals surface area contributed by atoms with Crippen LogP contribution in [0.3, 0.4) is 0 Å². The molecular formula is C18H28Cl2N4O. The molecule has 25 heavy (non-hydrogen) atoms. The van der Waals surface area contributed by atoms with Gasteiger partial charge in [0.15, 0.2) is 0 Å². The van der Waals surface area contributed by atoms with Gasteiger partial charge in [-0.15, -0.1) is 24.8 Å². The van der Waals surface area contributed by atoms with E-state index in [-0.39, 0.29) is 37.0 Å². The number of hydrogen-bond acceptors (Lipinski definition) is 5. The van der Waals surface area contributed by atoms with Crippen LogP contribution in [0.2, 0.25) is 0 Å². The molecule has 0 unspecified atom stereocenters. The Morgan fingerprint density at radius 3 is 2.44 bits per heavy atom. The van der Waals surface area contributed by atoms with Crippen LogP contribution in [0, 0.1) is 11.3 Å². The summed E-state index contributed by atoms with van der Waals surface area (Å²) in [4.78, 5) is 4.66. The van der Waals surface area contributed by atoms with Crippen molar-refractivity contribution < 1.29 is 4.74 Å². The van der Waals surface area contributed by atoms with E-state index in [9.17, 15) is 5.26 Å². The van der Waals surface area contributed by atoms with Gasteiger partial charge in [0.1, 0.15) is 6.07 Å². The first-order valence-corrected chi connectivity index (χ1v) is 8.50. The Bertz CT molecular complexity index is 597. The second kappa shape index (κ2) is 9.49. The van der Waals surface area contributed by atoms with Crippen LogP contribution in [0.15, 0.2) is 18.2 Å². The zero-order valence-corrected chi connectivity index (χ0v) is 16.7. The van der Waals surface area contributed by atoms with Crippen molar-refractivity contribution in [1.82, 2.24) is 5.32 Å². The van der Waals surface area contributed by atoms with Crippen LogP contribution in [0.1, 0.15) is 26.3 Å². The summed E-state index contributed by atoms with van der Waals surface area (Å²) in [5.74, 6) is 0. The maximum absolute atomic E-state index is 9.63. The number of halogens is 2. The number of benzene rings is 1. The lowest BCUT2D eigenvalue weighted by molar-refractivity contribution is -0.00522. The molecule has 1 aromatic carbocycles. The van der Waals surface area contributed by atoms with Crippen molar-refractivity contribution in [3.63, 3.8) is 0 Å². The van der Waals surface area contributed by atoms with E-state index in [0.29, 0.717) is 6.04 Å². The number of morpholine rings is 1. The summed E-state index contributed by atoms with van der Waals surface area (Å²) in [6.07, 6.45) is 0.385. The fourth-order valence-corrected chi connectivity index (χ4v) is 3.67. The van der Waals surface area contributed by atoms with Crippen molar-refractivity contribution in [2.24, 2.45) is 0 Å². The van der Waals surface area contributed by atoms with Gasteiger partial charge in [0, 0.05) is 44.5 Å². The first-order valence-electron chi connectivity index (χ1n) is 8.50. The standard InChI is InChI=1S/C18H26N4O.2ClH/c1-13-10-20-6-7-22(13)17-4-5-18(16(8-17)9-19)21-11-14(2)23-15(3)12-21;;/h4-5,8,13-15,20H,6-7,10-12H2,1-3H3;2*1H/t13-,14-,15+;;/m0../s1. The summed E-state index contributed by atoms with van der Waals surface area (Å²) >= 11 is 0. The molecule has 1 N–H and O–H groups in total. The van der Waals surface area contributed by atoms with Crippen LogP contribution in [0.4, 0.5) is 11.4 Å². The third-order valence-electron chi connectivity index (χ3n) is 4.69. The molecule has 3 atom stereocenters. The van der Waals surface area contributed by atoms with Gasteiger partial charge in [-0.3, -0.25) is 0 Å². The van der Waals surface area contributed by atoms with E-state index in [1.807, 2.05) is 6.07 Å². The number of ether oxygens (including phenoxy) is 1. The molecule has 0 aliphatic carbocycles. The Kier molecular flexibility index (Phi) is 8.30. The molecule has 0 spiro atoms. The van der Waals surface area contributed by atoms with Crippen LogP contribution in [0.5, 0.6) is 0 Å². The Hall–Kier alpha value is -1.19. The summed E-state index contributed by atoms with van der Waals surface area (Å²) in [6.45, 7) is 11.0. The number of anilines is 2. The summed E-state index contributed by atoms with van der Waals surface area (Å²) in [5.41, 5.74) is 2.93. The van der Waals surface area contributed by atoms with Crippen molar-refractivity contribution in [2.75, 3.05) is 42.5 Å². The predicted molar refractivity (Wildman–Crippen MR) is 108 cm³/mol. The van der Waals surface area contributed by atoms with E-state index >= 15 is 0 Å². The number of hydrogen-bond donors (Lipinski definition) is 1. The fraction of sp³-hybridized carbons (Fsp3) is 0.611. The van der Waals surface area contributed by atoms with Crippen LogP contribution < -0.4 is 15.1 Å². The lowest BCUT2D eigenvalue weighted by Gasteiger charge is -2.38. The minimum absolute atomic E-state index is 0. The van der Waals surface area contributed by atoms with Gasteiger partial charge >= 0.3 is 0 Å². The number of nitrogens with one attached hydrogen (secondary N) is 1. The largest absolute Gasteiger partial charge is 0.372 e. The Balaban J connectivity index is 0.00000156. The predicted octanol–water partition coefficient (Wildman–Crippen LogP) is 2.81. The topological polar surface area (TPSA) is 51.5 Å². The minimum atomic E-state index is 0. The highest BCUT2D eigenvalue weighted by Crippen LogP contribution is 2.29. The molecule has 0 saturated carbocycles. The lowest BCUT2D eigenvalue weighted by atomic mass is 10.1. The van der Waals surface area contributed by atoms with Gasteiger partial charge in [-0.05, 0) is 39.0 Å². The van der Waals surface area contributed by atoms with Gasteiger partial charge < -0.3 is 19.9 Å². The number of nitriles is 1. The van der Waals surface area contributed by atoms with Crippen molar-refractivity contribution in [3.05, 3.63) is 23.8 Å². The van der Waals surface area contributed by atoms with Crippen molar-refractivity contribution in [2.45, 2.75) is 39.0 Å². The molecule has 2 saturated heterocycles. The molecule has 0 radical (unpaired) electrons. The Morgan fingerprint density at radius 1 is 1.16 bits per heavy atom. The zero-order chi connectivity index (χ0) is 16.4. The first-order chi connectivity index (χ1) is 11.1. The Morgan fingerprint density at radius 2 is 1.84 bits per heavy atom. The van der Waals surface area contributed by atoms with Gasteiger partial charge in [0.25, 0.3) is 0 Å². The quantitative estimate of drug-likeness (QED) is 0.846. The summed E-state index contributed by atoms with van der Waals surface area (Å²) < 4.78 is 5.80. The second-order valence-corrected chi connectivity index (χ2v) is 6.72. The van der Waals surface area contributed by atoms with Gasteiger partial charge in [0.2, 0.25) is 0 Å². The summed E-state index contributed by atoms with van der Waals surface area (Å²) in [7, 11) is 0. The molecule has 0 aromatic heterocycles. The molecule has 3 rings (SSSR count). The van der Waals surface area contributed by atoms with Crippen molar-refractivity contribution in [1.29, 1.82) is 5.26 Å². The van der Waals surface area contributed by atoms with Gasteiger partial charge in [-0.2, -0.15) is 5.26 Å². The number of piperazine rings is 1. The molecule has 7 heteroatoms. The van der Waals surface area contributed by atoms with Gasteiger partial charge in [-0.25, -0.2) is 0 Å². The maximum atomic E-state index is 9.63. The van der Waals surface area contributed by atoms with Crippen molar-refractivity contribution in [3.8, 4) is 6.07 Å². The molecule has 0 amide bonds. The van der Waals surface area contributed by atoms with E-state index in [0.717, 1.165) is 49.7 Å². The third kappa shape index (κ3) is 4.92. The first kappa shape index (κ1) is 21.9. The molecule has 0 bridgehead atoms. The normalized spacial score (nSPS) is 26.2. The molecule has 2 heterocycles. The average molecular weight is 387 g/mol. The number of rotatable bonds is 2. The molecule has 2 aliphatic rings. The lowest BCUT2D eigenvalue weighted by Crippen LogP contribution is -2.50. The van der Waals surface area contributed by atoms with Crippen LogP contribution in [-0.2, 0) is 4.74 Å². The Labute approximate surface area is 163 Å². The van der Waals surface area contributed by atoms with Crippen molar-refractivity contribution >= 4 is 36.2 Å². The van der Waals surface area contributed by atoms with E-state index < -0.39 is 0 Å². The zero-order valence-electron chi connectivity index (χ0n) is 15.1. The van der Waals surface area contributed by atoms with Gasteiger partial charge in [0.05, 0.1) is 23.5 Å². The second-order valence-electron chi connectivity index (χ2n) is 6.72. The smallest absolute Gasteiger partial charge is 0.101 e. The highest BCUT2D eigenvalue weighted by atomic mass is 35.5. The van der Waals surface area contributed by atoms with E-state index in [2.05, 4.69) is 54.1 Å².